The van der Waals surface area contributed by atoms with Crippen molar-refractivity contribution >= 4 is 142 Å². The van der Waals surface area contributed by atoms with Crippen LogP contribution in [0.4, 0.5) is 0 Å². The molecule has 610 valence electrons. The lowest BCUT2D eigenvalue weighted by molar-refractivity contribution is 0.668. The summed E-state index contributed by atoms with van der Waals surface area (Å²) in [5, 5.41) is 18.7. The molecule has 27 aromatic rings. The van der Waals surface area contributed by atoms with E-state index < -0.39 is 0 Å². The third-order valence-corrected chi connectivity index (χ3v) is 26.4. The fourth-order valence-electron chi connectivity index (χ4n) is 20.0. The molecule has 131 heavy (non-hydrogen) atoms. The van der Waals surface area contributed by atoms with Crippen LogP contribution in [0.3, 0.4) is 0 Å². The van der Waals surface area contributed by atoms with Crippen molar-refractivity contribution in [2.45, 2.75) is 0 Å². The van der Waals surface area contributed by atoms with E-state index in [1.165, 1.54) is 43.4 Å². The van der Waals surface area contributed by atoms with E-state index in [1.54, 1.807) is 0 Å². The van der Waals surface area contributed by atoms with Gasteiger partial charge in [-0.3, -0.25) is 0 Å². The van der Waals surface area contributed by atoms with Crippen LogP contribution in [0, 0.1) is 0 Å². The number of furan rings is 5. The first-order valence-corrected chi connectivity index (χ1v) is 44.4. The molecule has 0 saturated carbocycles. The number of pyridine rings is 2. The van der Waals surface area contributed by atoms with Gasteiger partial charge in [-0.05, 0) is 243 Å². The molecule has 7 heterocycles. The summed E-state index contributed by atoms with van der Waals surface area (Å²) in [6, 6.07) is 159. The highest BCUT2D eigenvalue weighted by Crippen LogP contribution is 2.48. The van der Waals surface area contributed by atoms with Crippen molar-refractivity contribution in [3.8, 4) is 134 Å². The van der Waals surface area contributed by atoms with Crippen molar-refractivity contribution in [2.75, 3.05) is 0 Å². The Bertz CT molecular complexity index is 9120. The maximum atomic E-state index is 6.47. The highest BCUT2D eigenvalue weighted by atomic mass is 16.3. The van der Waals surface area contributed by atoms with Gasteiger partial charge >= 0.3 is 0 Å². The summed E-state index contributed by atoms with van der Waals surface area (Å²) in [5.41, 5.74) is 34.2. The summed E-state index contributed by atoms with van der Waals surface area (Å²) in [4.78, 5) is 10.8. The van der Waals surface area contributed by atoms with Crippen LogP contribution in [0.1, 0.15) is 0 Å². The van der Waals surface area contributed by atoms with Gasteiger partial charge in [-0.25, -0.2) is 9.97 Å². The van der Waals surface area contributed by atoms with Crippen LogP contribution >= 0.6 is 0 Å². The van der Waals surface area contributed by atoms with Crippen LogP contribution in [-0.2, 0) is 0 Å². The number of benzene rings is 20. The molecule has 0 aliphatic carbocycles. The molecule has 0 aliphatic heterocycles. The summed E-state index contributed by atoms with van der Waals surface area (Å²) < 4.78 is 31.8. The zero-order chi connectivity index (χ0) is 86.1. The lowest BCUT2D eigenvalue weighted by atomic mass is 9.88. The topological polar surface area (TPSA) is 91.5 Å². The van der Waals surface area contributed by atoms with E-state index in [0.29, 0.717) is 0 Å². The second kappa shape index (κ2) is 30.7. The molecule has 0 bridgehead atoms. The number of hydrogen-bond acceptors (Lipinski definition) is 7. The lowest BCUT2D eigenvalue weighted by Crippen LogP contribution is -1.94. The van der Waals surface area contributed by atoms with Crippen LogP contribution in [-0.4, -0.2) is 9.97 Å². The highest BCUT2D eigenvalue weighted by Gasteiger charge is 2.24. The quantitative estimate of drug-likeness (QED) is 0.113. The molecule has 7 nitrogen and oxygen atoms in total. The predicted molar refractivity (Wildman–Crippen MR) is 543 cm³/mol. The number of hydrogen-bond donors (Lipinski definition) is 0. The molecule has 27 rings (SSSR count). The molecule has 0 unspecified atom stereocenters. The van der Waals surface area contributed by atoms with Gasteiger partial charge in [0, 0.05) is 81.7 Å². The molecule has 0 aliphatic rings. The van der Waals surface area contributed by atoms with Crippen LogP contribution < -0.4 is 0 Å². The Labute approximate surface area is 751 Å². The zero-order valence-electron chi connectivity index (χ0n) is 70.7. The van der Waals surface area contributed by atoms with Crippen molar-refractivity contribution in [3.05, 3.63) is 449 Å². The summed E-state index contributed by atoms with van der Waals surface area (Å²) in [6.07, 6.45) is 0. The summed E-state index contributed by atoms with van der Waals surface area (Å²) in [6.45, 7) is 0. The van der Waals surface area contributed by atoms with Crippen LogP contribution in [0.25, 0.3) is 276 Å². The Kier molecular flexibility index (Phi) is 17.5. The lowest BCUT2D eigenvalue weighted by Gasteiger charge is -2.16. The van der Waals surface area contributed by atoms with Gasteiger partial charge in [0.25, 0.3) is 0 Å². The van der Waals surface area contributed by atoms with Crippen molar-refractivity contribution in [2.24, 2.45) is 0 Å². The normalized spacial score (nSPS) is 11.8. The number of para-hydroxylation sites is 6. The average molecular weight is 1670 g/mol. The van der Waals surface area contributed by atoms with Gasteiger partial charge in [-0.15, -0.1) is 0 Å². The van der Waals surface area contributed by atoms with Gasteiger partial charge in [0.05, 0.1) is 22.8 Å². The number of aromatic nitrogens is 2. The van der Waals surface area contributed by atoms with E-state index >= 15 is 0 Å². The Hall–Kier alpha value is -17.5. The molecule has 0 radical (unpaired) electrons. The molecule has 0 saturated heterocycles. The molecule has 0 spiro atoms. The summed E-state index contributed by atoms with van der Waals surface area (Å²) in [7, 11) is 0. The molecule has 7 heteroatoms. The SMILES string of the molecule is c1ccc(-c2cc(-c3ccc(-c4cccc5c4oc4ccccc45)cc3)cc(-c3ccc(-c4ccc5c6ccccc6c6ccccc6c5c4)cc3)n2)cc1.c1ccc(-c2cc(-c3ccc(-c4cccc5oc6ccccc6c45)c(-c4ccc5oc6ccccc6c5c4)c3)cc(-c3cc(-c4ccc5oc6ccccc6c5c4)cc(-c4ccc5oc6ccccc6c5c4)c3)n2)cc1. The molecule has 0 N–H and O–H groups in total. The minimum absolute atomic E-state index is 0.856. The van der Waals surface area contributed by atoms with E-state index in [0.717, 1.165) is 233 Å². The van der Waals surface area contributed by atoms with Crippen molar-refractivity contribution < 1.29 is 22.1 Å². The monoisotopic (exact) mass is 1670 g/mol. The molecule has 0 amide bonds. The minimum Gasteiger partial charge on any atom is -0.456 e. The first kappa shape index (κ1) is 74.9. The summed E-state index contributed by atoms with van der Waals surface area (Å²) in [5.74, 6) is 0. The molecule has 20 aromatic carbocycles. The third kappa shape index (κ3) is 13.0. The fourth-order valence-corrected chi connectivity index (χ4v) is 20.0. The Balaban J connectivity index is 0.000000145. The molecule has 0 fully saturated rings. The van der Waals surface area contributed by atoms with Gasteiger partial charge in [0.1, 0.15) is 55.8 Å². The number of nitrogens with zero attached hydrogens (tertiary/aromatic N) is 2. The summed E-state index contributed by atoms with van der Waals surface area (Å²) >= 11 is 0. The van der Waals surface area contributed by atoms with Crippen molar-refractivity contribution in [1.29, 1.82) is 0 Å². The number of fused-ring (bicyclic) bond motifs is 21. The minimum atomic E-state index is 0.856. The maximum absolute atomic E-state index is 6.47. The van der Waals surface area contributed by atoms with E-state index in [-0.39, 0.29) is 0 Å². The van der Waals surface area contributed by atoms with E-state index in [9.17, 15) is 0 Å². The van der Waals surface area contributed by atoms with Crippen molar-refractivity contribution in [1.82, 2.24) is 9.97 Å². The first-order valence-electron chi connectivity index (χ1n) is 44.4. The molecular weight excluding hydrogens is 1600 g/mol. The van der Waals surface area contributed by atoms with Gasteiger partial charge in [-0.2, -0.15) is 0 Å². The van der Waals surface area contributed by atoms with E-state index in [2.05, 4.69) is 382 Å². The second-order valence-corrected chi connectivity index (χ2v) is 34.0. The largest absolute Gasteiger partial charge is 0.456 e. The van der Waals surface area contributed by atoms with Crippen LogP contribution in [0.5, 0.6) is 0 Å². The Morgan fingerprint density at radius 3 is 0.969 bits per heavy atom. The predicted octanol–water partition coefficient (Wildman–Crippen LogP) is 35.1. The highest BCUT2D eigenvalue weighted by molar-refractivity contribution is 6.26. The van der Waals surface area contributed by atoms with Gasteiger partial charge < -0.3 is 22.1 Å². The molecule has 0 atom stereocenters. The van der Waals surface area contributed by atoms with E-state index in [1.807, 2.05) is 66.7 Å². The van der Waals surface area contributed by atoms with Gasteiger partial charge in [0.2, 0.25) is 0 Å². The average Bonchev–Trinajstić information content (AvgIpc) is 1.72. The standard InChI is InChI=1S/C71H41NO4.C53H33NO/c1-2-13-42(14-3-1)61-40-49(43-25-29-51(55-19-12-24-70-71(55)56-18-7-11-23-66(56)76-70)57(36-43)46-28-32-69-60(39-46)54-17-6-10-22-65(54)75-69)41-62(72-61)50-34-47(44-26-30-67-58(37-44)52-15-4-8-20-63(52)73-67)33-48(35-50)45-27-31-68-59(38-45)53-16-5-9-21-64(53)74-68;1-2-11-37(12-3-1)50-32-40(35-21-25-36(26-22-35)41-18-10-19-48-47-17-8-9-20-52(47)55-53(41)48)33-51(54-50)38-27-23-34(24-28-38)39-29-30-46-44-15-5-4-13-42(44)43-14-6-7-16-45(43)49(46)31-39/h1-41H;1-33H. The third-order valence-electron chi connectivity index (χ3n) is 26.4. The van der Waals surface area contributed by atoms with E-state index in [4.69, 9.17) is 32.1 Å². The Morgan fingerprint density at radius 2 is 0.427 bits per heavy atom. The zero-order valence-corrected chi connectivity index (χ0v) is 70.7. The van der Waals surface area contributed by atoms with Crippen molar-refractivity contribution in [3.63, 3.8) is 0 Å². The smallest absolute Gasteiger partial charge is 0.143 e. The fraction of sp³-hybridized carbons (Fsp3) is 0. The molecular formula is C124H74N2O5. The first-order chi connectivity index (χ1) is 64.8. The Morgan fingerprint density at radius 1 is 0.122 bits per heavy atom. The maximum Gasteiger partial charge on any atom is 0.143 e. The molecule has 7 aromatic heterocycles. The van der Waals surface area contributed by atoms with Crippen LogP contribution in [0.2, 0.25) is 0 Å². The second-order valence-electron chi connectivity index (χ2n) is 34.0. The van der Waals surface area contributed by atoms with Crippen LogP contribution in [0.15, 0.2) is 471 Å². The van der Waals surface area contributed by atoms with Gasteiger partial charge in [-0.1, -0.05) is 322 Å². The van der Waals surface area contributed by atoms with Gasteiger partial charge in [0.15, 0.2) is 0 Å². The number of rotatable bonds is 12.